The lowest BCUT2D eigenvalue weighted by Crippen LogP contribution is -2.30. The van der Waals surface area contributed by atoms with Gasteiger partial charge >= 0.3 is 0 Å². The van der Waals surface area contributed by atoms with Crippen molar-refractivity contribution in [2.24, 2.45) is 0 Å². The van der Waals surface area contributed by atoms with Crippen LogP contribution in [0.1, 0.15) is 110 Å². The first-order chi connectivity index (χ1) is 14.7. The lowest BCUT2D eigenvalue weighted by molar-refractivity contribution is -0.0774. The first kappa shape index (κ1) is 29.8. The fourth-order valence-corrected chi connectivity index (χ4v) is 3.61. The standard InChI is InChI=1S/C25H52O5/c1-3-4-5-6-7-8-9-10-11-12-13-14-15-16-17-18-19-29-21-24(27)22-30-25(20-26)23-28-2/h24-27H,3-23H2,1-2H3. The van der Waals surface area contributed by atoms with Gasteiger partial charge in [0.25, 0.3) is 0 Å². The Morgan fingerprint density at radius 1 is 0.633 bits per heavy atom. The Hall–Kier alpha value is -0.200. The maximum absolute atomic E-state index is 9.82. The largest absolute Gasteiger partial charge is 0.394 e. The van der Waals surface area contributed by atoms with Gasteiger partial charge in [-0.3, -0.25) is 0 Å². The summed E-state index contributed by atoms with van der Waals surface area (Å²) in [5.74, 6) is 0. The van der Waals surface area contributed by atoms with E-state index in [2.05, 4.69) is 6.92 Å². The molecule has 2 N–H and O–H groups in total. The molecule has 0 aromatic rings. The Morgan fingerprint density at radius 3 is 1.53 bits per heavy atom. The Kier molecular flexibility index (Phi) is 24.9. The molecule has 0 amide bonds. The van der Waals surface area contributed by atoms with Crippen molar-refractivity contribution in [1.29, 1.82) is 0 Å². The Balaban J connectivity index is 3.19. The van der Waals surface area contributed by atoms with Gasteiger partial charge in [-0.15, -0.1) is 0 Å². The zero-order chi connectivity index (χ0) is 22.1. The molecule has 0 bridgehead atoms. The van der Waals surface area contributed by atoms with Crippen LogP contribution >= 0.6 is 0 Å². The number of hydrogen-bond acceptors (Lipinski definition) is 5. The van der Waals surface area contributed by atoms with Crippen LogP contribution in [0.25, 0.3) is 0 Å². The Morgan fingerprint density at radius 2 is 1.10 bits per heavy atom. The van der Waals surface area contributed by atoms with Gasteiger partial charge in [-0.05, 0) is 6.42 Å². The lowest BCUT2D eigenvalue weighted by Gasteiger charge is -2.17. The molecule has 0 rings (SSSR count). The van der Waals surface area contributed by atoms with Gasteiger partial charge in [-0.2, -0.15) is 0 Å². The summed E-state index contributed by atoms with van der Waals surface area (Å²) in [4.78, 5) is 0. The van der Waals surface area contributed by atoms with Crippen LogP contribution in [0, 0.1) is 0 Å². The van der Waals surface area contributed by atoms with E-state index in [0.717, 1.165) is 6.42 Å². The van der Waals surface area contributed by atoms with E-state index >= 15 is 0 Å². The average Bonchev–Trinajstić information content (AvgIpc) is 2.75. The number of aliphatic hydroxyl groups is 2. The van der Waals surface area contributed by atoms with Gasteiger partial charge in [0, 0.05) is 13.7 Å². The van der Waals surface area contributed by atoms with Gasteiger partial charge in [0.1, 0.15) is 12.2 Å². The molecule has 2 atom stereocenters. The monoisotopic (exact) mass is 432 g/mol. The van der Waals surface area contributed by atoms with E-state index in [9.17, 15) is 5.11 Å². The average molecular weight is 433 g/mol. The minimum atomic E-state index is -0.656. The molecular formula is C25H52O5. The third-order valence-electron chi connectivity index (χ3n) is 5.53. The van der Waals surface area contributed by atoms with E-state index in [-0.39, 0.29) is 25.9 Å². The molecular weight excluding hydrogens is 380 g/mol. The molecule has 0 aliphatic rings. The van der Waals surface area contributed by atoms with E-state index < -0.39 is 6.10 Å². The molecule has 0 aromatic carbocycles. The molecule has 0 fully saturated rings. The summed E-state index contributed by atoms with van der Waals surface area (Å²) in [6.07, 6.45) is 20.7. The molecule has 0 spiro atoms. The molecule has 0 aliphatic carbocycles. The minimum Gasteiger partial charge on any atom is -0.394 e. The summed E-state index contributed by atoms with van der Waals surface area (Å²) in [5, 5.41) is 18.9. The third-order valence-corrected chi connectivity index (χ3v) is 5.53. The first-order valence-corrected chi connectivity index (χ1v) is 12.7. The summed E-state index contributed by atoms with van der Waals surface area (Å²) >= 11 is 0. The molecule has 0 saturated heterocycles. The van der Waals surface area contributed by atoms with Gasteiger partial charge in [-0.25, -0.2) is 0 Å². The molecule has 5 nitrogen and oxygen atoms in total. The van der Waals surface area contributed by atoms with Gasteiger partial charge in [-0.1, -0.05) is 103 Å². The van der Waals surface area contributed by atoms with Crippen molar-refractivity contribution in [2.45, 2.75) is 122 Å². The van der Waals surface area contributed by atoms with Crippen LogP contribution in [-0.4, -0.2) is 62.6 Å². The Bertz CT molecular complexity index is 314. The summed E-state index contributed by atoms with van der Waals surface area (Å²) in [6, 6.07) is 0. The van der Waals surface area contributed by atoms with Crippen LogP contribution in [0.4, 0.5) is 0 Å². The minimum absolute atomic E-state index is 0.111. The highest BCUT2D eigenvalue weighted by molar-refractivity contribution is 4.58. The molecule has 0 heterocycles. The summed E-state index contributed by atoms with van der Waals surface area (Å²) in [5.41, 5.74) is 0. The van der Waals surface area contributed by atoms with Gasteiger partial charge in [0.15, 0.2) is 0 Å². The van der Waals surface area contributed by atoms with Crippen molar-refractivity contribution in [3.05, 3.63) is 0 Å². The van der Waals surface area contributed by atoms with Crippen molar-refractivity contribution in [3.8, 4) is 0 Å². The summed E-state index contributed by atoms with van der Waals surface area (Å²) in [6.45, 7) is 3.62. The first-order valence-electron chi connectivity index (χ1n) is 12.7. The van der Waals surface area contributed by atoms with Gasteiger partial charge < -0.3 is 24.4 Å². The van der Waals surface area contributed by atoms with Crippen LogP contribution < -0.4 is 0 Å². The quantitative estimate of drug-likeness (QED) is 0.182. The number of ether oxygens (including phenoxy) is 3. The lowest BCUT2D eigenvalue weighted by atomic mass is 10.0. The number of rotatable bonds is 25. The van der Waals surface area contributed by atoms with E-state index in [1.165, 1.54) is 96.3 Å². The SMILES string of the molecule is CCCCCCCCCCCCCCCCCCOCC(O)COC(CO)COC. The predicted molar refractivity (Wildman–Crippen MR) is 125 cm³/mol. The smallest absolute Gasteiger partial charge is 0.104 e. The van der Waals surface area contributed by atoms with Crippen molar-refractivity contribution in [1.82, 2.24) is 0 Å². The van der Waals surface area contributed by atoms with Crippen molar-refractivity contribution in [2.75, 3.05) is 40.1 Å². The van der Waals surface area contributed by atoms with E-state index in [0.29, 0.717) is 13.2 Å². The summed E-state index contributed by atoms with van der Waals surface area (Å²) in [7, 11) is 1.56. The molecule has 30 heavy (non-hydrogen) atoms. The Labute approximate surface area is 186 Å². The van der Waals surface area contributed by atoms with Crippen LogP contribution in [0.3, 0.4) is 0 Å². The molecule has 182 valence electrons. The topological polar surface area (TPSA) is 68.2 Å². The number of hydrogen-bond donors (Lipinski definition) is 2. The molecule has 0 saturated carbocycles. The van der Waals surface area contributed by atoms with Crippen LogP contribution in [-0.2, 0) is 14.2 Å². The second kappa shape index (κ2) is 25.1. The highest BCUT2D eigenvalue weighted by atomic mass is 16.5. The van der Waals surface area contributed by atoms with Gasteiger partial charge in [0.05, 0.1) is 26.4 Å². The van der Waals surface area contributed by atoms with E-state index in [1.54, 1.807) is 7.11 Å². The van der Waals surface area contributed by atoms with E-state index in [4.69, 9.17) is 19.3 Å². The number of unbranched alkanes of at least 4 members (excludes halogenated alkanes) is 15. The highest BCUT2D eigenvalue weighted by Crippen LogP contribution is 2.13. The second-order valence-corrected chi connectivity index (χ2v) is 8.63. The maximum Gasteiger partial charge on any atom is 0.104 e. The normalized spacial score (nSPS) is 13.6. The number of methoxy groups -OCH3 is 1. The second-order valence-electron chi connectivity index (χ2n) is 8.63. The molecule has 0 radical (unpaired) electrons. The third kappa shape index (κ3) is 22.5. The maximum atomic E-state index is 9.82. The molecule has 0 aliphatic heterocycles. The van der Waals surface area contributed by atoms with Crippen molar-refractivity contribution in [3.63, 3.8) is 0 Å². The fraction of sp³-hybridized carbons (Fsp3) is 1.00. The summed E-state index contributed by atoms with van der Waals surface area (Å²) < 4.78 is 15.8. The fourth-order valence-electron chi connectivity index (χ4n) is 3.61. The predicted octanol–water partition coefficient (Wildman–Crippen LogP) is 5.65. The molecule has 5 heteroatoms. The van der Waals surface area contributed by atoms with Crippen molar-refractivity contribution >= 4 is 0 Å². The van der Waals surface area contributed by atoms with Crippen LogP contribution in [0.15, 0.2) is 0 Å². The molecule has 2 unspecified atom stereocenters. The zero-order valence-electron chi connectivity index (χ0n) is 20.1. The van der Waals surface area contributed by atoms with E-state index in [1.807, 2.05) is 0 Å². The van der Waals surface area contributed by atoms with Gasteiger partial charge in [0.2, 0.25) is 0 Å². The van der Waals surface area contributed by atoms with Crippen molar-refractivity contribution < 1.29 is 24.4 Å². The van der Waals surface area contributed by atoms with Crippen LogP contribution in [0.5, 0.6) is 0 Å². The number of aliphatic hydroxyl groups excluding tert-OH is 2. The van der Waals surface area contributed by atoms with Crippen LogP contribution in [0.2, 0.25) is 0 Å². The highest BCUT2D eigenvalue weighted by Gasteiger charge is 2.11. The molecule has 0 aromatic heterocycles. The zero-order valence-corrected chi connectivity index (χ0v) is 20.1.